The van der Waals surface area contributed by atoms with E-state index in [2.05, 4.69) is 29.2 Å². The predicted molar refractivity (Wildman–Crippen MR) is 128 cm³/mol. The fraction of sp³-hybridized carbons (Fsp3) is 0.556. The van der Waals surface area contributed by atoms with E-state index in [4.69, 9.17) is 9.97 Å². The van der Waals surface area contributed by atoms with Gasteiger partial charge in [-0.3, -0.25) is 14.5 Å². The molecule has 0 radical (unpaired) electrons. The quantitative estimate of drug-likeness (QED) is 0.653. The van der Waals surface area contributed by atoms with E-state index in [1.54, 1.807) is 0 Å². The molecule has 2 fully saturated rings. The van der Waals surface area contributed by atoms with Crippen LogP contribution in [0.5, 0.6) is 0 Å². The lowest BCUT2D eigenvalue weighted by Gasteiger charge is -2.36. The maximum Gasteiger partial charge on any atom is 0.232 e. The van der Waals surface area contributed by atoms with Crippen LogP contribution in [0.2, 0.25) is 0 Å². The molecule has 1 saturated carbocycles. The molecule has 0 bridgehead atoms. The summed E-state index contributed by atoms with van der Waals surface area (Å²) in [4.78, 5) is 39.9. The van der Waals surface area contributed by atoms with Crippen molar-refractivity contribution in [3.05, 3.63) is 53.0 Å². The predicted octanol–water partition coefficient (Wildman–Crippen LogP) is 4.55. The Bertz CT molecular complexity index is 1020. The highest BCUT2D eigenvalue weighted by Crippen LogP contribution is 2.37. The van der Waals surface area contributed by atoms with Gasteiger partial charge in [-0.2, -0.15) is 0 Å². The first-order valence-corrected chi connectivity index (χ1v) is 12.6. The van der Waals surface area contributed by atoms with Crippen molar-refractivity contribution in [3.63, 3.8) is 0 Å². The lowest BCUT2D eigenvalue weighted by molar-refractivity contribution is -0.139. The minimum Gasteiger partial charge on any atom is -0.332 e. The number of carbonyl (C=O) groups is 2. The number of benzene rings is 1. The van der Waals surface area contributed by atoms with Gasteiger partial charge in [0.1, 0.15) is 5.82 Å². The zero-order valence-electron chi connectivity index (χ0n) is 19.6. The summed E-state index contributed by atoms with van der Waals surface area (Å²) >= 11 is 0. The van der Waals surface area contributed by atoms with Gasteiger partial charge >= 0.3 is 0 Å². The van der Waals surface area contributed by atoms with Gasteiger partial charge in [0, 0.05) is 30.3 Å². The second-order valence-corrected chi connectivity index (χ2v) is 9.81. The smallest absolute Gasteiger partial charge is 0.232 e. The van der Waals surface area contributed by atoms with E-state index in [0.717, 1.165) is 87.2 Å². The zero-order chi connectivity index (χ0) is 22.8. The van der Waals surface area contributed by atoms with Crippen LogP contribution in [0.4, 0.5) is 5.82 Å². The van der Waals surface area contributed by atoms with Crippen LogP contribution in [0, 0.1) is 12.8 Å². The van der Waals surface area contributed by atoms with Gasteiger partial charge in [-0.15, -0.1) is 0 Å². The Balaban J connectivity index is 1.36. The van der Waals surface area contributed by atoms with Crippen LogP contribution in [-0.4, -0.2) is 39.8 Å². The Kier molecular flexibility index (Phi) is 6.43. The molecule has 3 aliphatic rings. The van der Waals surface area contributed by atoms with Gasteiger partial charge in [0.05, 0.1) is 12.5 Å². The largest absolute Gasteiger partial charge is 0.332 e. The minimum absolute atomic E-state index is 0.0716. The lowest BCUT2D eigenvalue weighted by Crippen LogP contribution is -2.42. The monoisotopic (exact) mass is 446 g/mol. The summed E-state index contributed by atoms with van der Waals surface area (Å²) in [5.74, 6) is 2.05. The van der Waals surface area contributed by atoms with E-state index in [1.165, 1.54) is 5.56 Å². The number of fused-ring (bicyclic) bond motifs is 1. The highest BCUT2D eigenvalue weighted by molar-refractivity contribution is 6.00. The van der Waals surface area contributed by atoms with E-state index < -0.39 is 0 Å². The van der Waals surface area contributed by atoms with Gasteiger partial charge in [0.2, 0.25) is 11.8 Å². The molecular formula is C27H34N4O2. The van der Waals surface area contributed by atoms with E-state index in [0.29, 0.717) is 13.0 Å². The van der Waals surface area contributed by atoms with Crippen molar-refractivity contribution < 1.29 is 9.59 Å². The average Bonchev–Trinajstić information content (AvgIpc) is 3.48. The first kappa shape index (κ1) is 22.1. The van der Waals surface area contributed by atoms with Crippen molar-refractivity contribution in [2.24, 2.45) is 5.92 Å². The summed E-state index contributed by atoms with van der Waals surface area (Å²) < 4.78 is 0. The molecule has 6 heteroatoms. The van der Waals surface area contributed by atoms with Crippen molar-refractivity contribution >= 4 is 17.6 Å². The van der Waals surface area contributed by atoms with Crippen LogP contribution in [0.25, 0.3) is 0 Å². The fourth-order valence-electron chi connectivity index (χ4n) is 5.73. The van der Waals surface area contributed by atoms with Gasteiger partial charge in [0.15, 0.2) is 5.82 Å². The zero-order valence-corrected chi connectivity index (χ0v) is 19.6. The Morgan fingerprint density at radius 2 is 1.79 bits per heavy atom. The summed E-state index contributed by atoms with van der Waals surface area (Å²) in [6.45, 7) is 3.43. The van der Waals surface area contributed by atoms with Crippen molar-refractivity contribution in [3.8, 4) is 0 Å². The molecule has 6 nitrogen and oxygen atoms in total. The van der Waals surface area contributed by atoms with Crippen LogP contribution >= 0.6 is 0 Å². The van der Waals surface area contributed by atoms with Crippen LogP contribution in [0.15, 0.2) is 30.3 Å². The highest BCUT2D eigenvalue weighted by Gasteiger charge is 2.37. The maximum atomic E-state index is 13.3. The van der Waals surface area contributed by atoms with Crippen LogP contribution in [0.3, 0.4) is 0 Å². The van der Waals surface area contributed by atoms with Crippen molar-refractivity contribution in [1.82, 2.24) is 14.9 Å². The van der Waals surface area contributed by atoms with Gasteiger partial charge in [-0.05, 0) is 57.4 Å². The minimum atomic E-state index is -0.0716. The fourth-order valence-corrected chi connectivity index (χ4v) is 5.73. The molecule has 1 atom stereocenters. The Hall–Kier alpha value is -2.76. The van der Waals surface area contributed by atoms with Crippen LogP contribution in [-0.2, 0) is 22.4 Å². The summed E-state index contributed by atoms with van der Waals surface area (Å²) in [5, 5.41) is 0. The first-order valence-electron chi connectivity index (χ1n) is 12.6. The van der Waals surface area contributed by atoms with E-state index in [9.17, 15) is 9.59 Å². The molecule has 0 unspecified atom stereocenters. The van der Waals surface area contributed by atoms with Crippen LogP contribution in [0.1, 0.15) is 80.1 Å². The molecule has 1 aromatic carbocycles. The van der Waals surface area contributed by atoms with Gasteiger partial charge in [-0.1, -0.05) is 43.2 Å². The van der Waals surface area contributed by atoms with Crippen LogP contribution < -0.4 is 4.90 Å². The topological polar surface area (TPSA) is 66.4 Å². The standard InChI is InChI=1S/C27H34N4O2/c1-19-22-18-24(32)31(17-9-12-20-10-3-2-4-11-20)26(22)29-25(28-19)23-15-7-8-16-30(23)27(33)21-13-5-6-14-21/h2-4,10-11,21,23H,5-9,12-18H2,1H3/t23-/m0/s1. The number of aryl methyl sites for hydroxylation is 2. The summed E-state index contributed by atoms with van der Waals surface area (Å²) in [7, 11) is 0. The Morgan fingerprint density at radius 1 is 1.03 bits per heavy atom. The van der Waals surface area contributed by atoms with Crippen molar-refractivity contribution in [1.29, 1.82) is 0 Å². The molecule has 0 spiro atoms. The Labute approximate surface area is 196 Å². The molecule has 33 heavy (non-hydrogen) atoms. The second-order valence-electron chi connectivity index (χ2n) is 9.81. The Morgan fingerprint density at radius 3 is 2.58 bits per heavy atom. The third-order valence-electron chi connectivity index (χ3n) is 7.57. The number of nitrogens with zero attached hydrogens (tertiary/aromatic N) is 4. The first-order chi connectivity index (χ1) is 16.1. The third kappa shape index (κ3) is 4.53. The molecule has 3 heterocycles. The maximum absolute atomic E-state index is 13.3. The number of anilines is 1. The van der Waals surface area contributed by atoms with E-state index >= 15 is 0 Å². The van der Waals surface area contributed by atoms with Gasteiger partial charge < -0.3 is 4.90 Å². The molecule has 1 saturated heterocycles. The number of rotatable bonds is 6. The van der Waals surface area contributed by atoms with E-state index in [1.807, 2.05) is 17.9 Å². The highest BCUT2D eigenvalue weighted by atomic mass is 16.2. The van der Waals surface area contributed by atoms with Crippen molar-refractivity contribution in [2.75, 3.05) is 18.0 Å². The number of hydrogen-bond donors (Lipinski definition) is 0. The lowest BCUT2D eigenvalue weighted by atomic mass is 9.97. The summed E-state index contributed by atoms with van der Waals surface area (Å²) in [5.41, 5.74) is 3.12. The molecular weight excluding hydrogens is 412 g/mol. The molecule has 1 aliphatic carbocycles. The van der Waals surface area contributed by atoms with Gasteiger partial charge in [0.25, 0.3) is 0 Å². The number of aromatic nitrogens is 2. The van der Waals surface area contributed by atoms with Crippen molar-refractivity contribution in [2.45, 2.75) is 77.2 Å². The summed E-state index contributed by atoms with van der Waals surface area (Å²) in [6, 6.07) is 10.3. The normalized spacial score (nSPS) is 21.0. The number of carbonyl (C=O) groups excluding carboxylic acids is 2. The SMILES string of the molecule is Cc1nc([C@@H]2CCCCN2C(=O)C2CCCC2)nc2c1CC(=O)N2CCCc1ccccc1. The molecule has 2 amide bonds. The van der Waals surface area contributed by atoms with Gasteiger partial charge in [-0.25, -0.2) is 9.97 Å². The number of likely N-dealkylation sites (tertiary alicyclic amines) is 1. The summed E-state index contributed by atoms with van der Waals surface area (Å²) in [6.07, 6.45) is 9.56. The number of amides is 2. The number of hydrogen-bond acceptors (Lipinski definition) is 4. The average molecular weight is 447 g/mol. The molecule has 0 N–H and O–H groups in total. The number of piperidine rings is 1. The molecule has 1 aromatic heterocycles. The molecule has 2 aliphatic heterocycles. The second kappa shape index (κ2) is 9.62. The molecule has 174 valence electrons. The third-order valence-corrected chi connectivity index (χ3v) is 7.57. The molecule has 2 aromatic rings. The molecule has 5 rings (SSSR count). The van der Waals surface area contributed by atoms with E-state index in [-0.39, 0.29) is 23.8 Å².